The first-order valence-electron chi connectivity index (χ1n) is 11.6. The number of barbiturate groups is 1. The van der Waals surface area contributed by atoms with Crippen LogP contribution in [0.25, 0.3) is 0 Å². The van der Waals surface area contributed by atoms with Crippen molar-refractivity contribution in [1.29, 1.82) is 0 Å². The zero-order valence-electron chi connectivity index (χ0n) is 20.4. The average molecular weight is 550 g/mol. The Kier molecular flexibility index (Phi) is 11.0. The predicted molar refractivity (Wildman–Crippen MR) is 127 cm³/mol. The van der Waals surface area contributed by atoms with Crippen molar-refractivity contribution in [2.75, 3.05) is 6.54 Å². The van der Waals surface area contributed by atoms with Gasteiger partial charge in [-0.05, 0) is 36.4 Å². The third kappa shape index (κ3) is 8.05. The van der Waals surface area contributed by atoms with Gasteiger partial charge in [-0.25, -0.2) is 29.0 Å². The minimum absolute atomic E-state index is 0.0149. The van der Waals surface area contributed by atoms with Crippen LogP contribution in [0.5, 0.6) is 0 Å². The molecule has 2 rings (SSSR count). The van der Waals surface area contributed by atoms with Crippen molar-refractivity contribution < 1.29 is 53.6 Å². The molecule has 2 unspecified atom stereocenters. The number of unbranched alkanes of at least 4 members (excludes halogenated alkanes) is 1. The quantitative estimate of drug-likeness (QED) is 0.135. The van der Waals surface area contributed by atoms with Crippen LogP contribution in [0.2, 0.25) is 0 Å². The van der Waals surface area contributed by atoms with Crippen LogP contribution in [0.3, 0.4) is 0 Å². The van der Waals surface area contributed by atoms with Crippen molar-refractivity contribution in [3.63, 3.8) is 0 Å². The van der Waals surface area contributed by atoms with Crippen molar-refractivity contribution in [2.24, 2.45) is 5.18 Å². The summed E-state index contributed by atoms with van der Waals surface area (Å²) in [5.41, 5.74) is 0.761. The van der Waals surface area contributed by atoms with Gasteiger partial charge in [0.25, 0.3) is 11.8 Å². The van der Waals surface area contributed by atoms with E-state index in [1.54, 1.807) is 30.3 Å². The second kappa shape index (κ2) is 14.2. The van der Waals surface area contributed by atoms with E-state index in [0.717, 1.165) is 5.56 Å². The van der Waals surface area contributed by atoms with Gasteiger partial charge >= 0.3 is 30.0 Å². The van der Waals surface area contributed by atoms with Gasteiger partial charge in [0.2, 0.25) is 6.04 Å². The molecule has 1 aromatic carbocycles. The van der Waals surface area contributed by atoms with Crippen LogP contribution in [-0.2, 0) is 35.3 Å². The molecule has 3 atom stereocenters. The molecule has 1 aliphatic rings. The fraction of sp³-hybridized carbons (Fsp3) is 0.435. The largest absolute Gasteiger partial charge is 0.481 e. The topological polar surface area (TPSA) is 237 Å². The van der Waals surface area contributed by atoms with Gasteiger partial charge in [0.15, 0.2) is 0 Å². The minimum atomic E-state index is -2.43. The zero-order chi connectivity index (χ0) is 29.1. The number of urea groups is 1. The fourth-order valence-electron chi connectivity index (χ4n) is 3.75. The lowest BCUT2D eigenvalue weighted by atomic mass is 10.0. The highest BCUT2D eigenvalue weighted by Crippen LogP contribution is 2.24. The standard InChI is InChI=1S/C23H26N4O12/c28-16(29)10-9-15(21(34)35)27-19(31)17(25-38)18(30)26(23(27)37)14(20(32)33)8-4-5-11-24-22(36)39-12-13-6-2-1-3-7-13/h1-3,6-7,14-15,17H,4-5,8-12H2,(H,24,36)(H,28,29)(H,32,33)(H,34,35)/t14?,15-,17?/m0/s1. The third-order valence-electron chi connectivity index (χ3n) is 5.67. The summed E-state index contributed by atoms with van der Waals surface area (Å²) >= 11 is 0. The highest BCUT2D eigenvalue weighted by molar-refractivity contribution is 6.21. The molecule has 0 spiro atoms. The van der Waals surface area contributed by atoms with E-state index < -0.39 is 72.8 Å². The van der Waals surface area contributed by atoms with E-state index in [4.69, 9.17) is 9.84 Å². The summed E-state index contributed by atoms with van der Waals surface area (Å²) in [6.07, 6.45) is -2.46. The van der Waals surface area contributed by atoms with Crippen molar-refractivity contribution in [3.8, 4) is 0 Å². The Hall–Kier alpha value is -4.89. The van der Waals surface area contributed by atoms with Crippen molar-refractivity contribution in [1.82, 2.24) is 15.1 Å². The van der Waals surface area contributed by atoms with E-state index in [2.05, 4.69) is 10.5 Å². The molecule has 16 nitrogen and oxygen atoms in total. The van der Waals surface area contributed by atoms with Gasteiger partial charge in [-0.15, -0.1) is 4.91 Å². The number of nitrogens with one attached hydrogen (secondary N) is 1. The molecule has 1 heterocycles. The smallest absolute Gasteiger partial charge is 0.407 e. The number of carboxylic acids is 3. The molecule has 0 aromatic heterocycles. The fourth-order valence-corrected chi connectivity index (χ4v) is 3.75. The maximum atomic E-state index is 13.0. The Balaban J connectivity index is 2.06. The van der Waals surface area contributed by atoms with E-state index in [0.29, 0.717) is 0 Å². The maximum Gasteiger partial charge on any atom is 0.407 e. The highest BCUT2D eigenvalue weighted by atomic mass is 16.5. The second-order valence-electron chi connectivity index (χ2n) is 8.33. The molecule has 0 saturated carbocycles. The summed E-state index contributed by atoms with van der Waals surface area (Å²) in [4.78, 5) is 95.9. The number of carboxylic acid groups (broad SMARTS) is 3. The van der Waals surface area contributed by atoms with Gasteiger partial charge < -0.3 is 25.4 Å². The lowest BCUT2D eigenvalue weighted by Gasteiger charge is -2.39. The Morgan fingerprint density at radius 3 is 1.97 bits per heavy atom. The summed E-state index contributed by atoms with van der Waals surface area (Å²) in [5.74, 6) is -8.10. The molecule has 0 bridgehead atoms. The molecule has 5 amide bonds. The summed E-state index contributed by atoms with van der Waals surface area (Å²) in [6.45, 7) is 0.0686. The Morgan fingerprint density at radius 2 is 1.46 bits per heavy atom. The Bertz CT molecular complexity index is 1130. The first-order chi connectivity index (χ1) is 18.5. The number of rotatable bonds is 15. The van der Waals surface area contributed by atoms with E-state index in [-0.39, 0.29) is 42.2 Å². The number of nitrogens with zero attached hydrogens (tertiary/aromatic N) is 3. The minimum Gasteiger partial charge on any atom is -0.481 e. The van der Waals surface area contributed by atoms with Crippen LogP contribution < -0.4 is 5.32 Å². The molecule has 16 heteroatoms. The maximum absolute atomic E-state index is 13.0. The van der Waals surface area contributed by atoms with Crippen molar-refractivity contribution in [3.05, 3.63) is 40.8 Å². The monoisotopic (exact) mass is 550 g/mol. The first kappa shape index (κ1) is 30.3. The lowest BCUT2D eigenvalue weighted by Crippen LogP contribution is -2.68. The summed E-state index contributed by atoms with van der Waals surface area (Å²) < 4.78 is 5.04. The van der Waals surface area contributed by atoms with Crippen LogP contribution in [0.1, 0.15) is 37.7 Å². The van der Waals surface area contributed by atoms with Crippen molar-refractivity contribution >= 4 is 41.8 Å². The summed E-state index contributed by atoms with van der Waals surface area (Å²) in [5, 5.41) is 32.8. The van der Waals surface area contributed by atoms with Crippen LogP contribution >= 0.6 is 0 Å². The molecule has 1 aromatic rings. The number of hydrogen-bond acceptors (Lipinski definition) is 10. The zero-order valence-corrected chi connectivity index (χ0v) is 20.4. The number of imide groups is 2. The number of amides is 5. The lowest BCUT2D eigenvalue weighted by molar-refractivity contribution is -0.159. The van der Waals surface area contributed by atoms with Crippen molar-refractivity contribution in [2.45, 2.75) is 56.8 Å². The molecule has 1 saturated heterocycles. The Labute approximate surface area is 220 Å². The van der Waals surface area contributed by atoms with Gasteiger partial charge in [-0.2, -0.15) is 0 Å². The first-order valence-corrected chi connectivity index (χ1v) is 11.6. The molecule has 210 valence electrons. The second-order valence-corrected chi connectivity index (χ2v) is 8.33. The molecule has 0 radical (unpaired) electrons. The summed E-state index contributed by atoms with van der Waals surface area (Å²) in [6, 6.07) is 0.787. The van der Waals surface area contributed by atoms with Crippen LogP contribution in [0.15, 0.2) is 35.5 Å². The normalized spacial score (nSPS) is 16.8. The van der Waals surface area contributed by atoms with Crippen LogP contribution in [0, 0.1) is 4.91 Å². The molecule has 39 heavy (non-hydrogen) atoms. The molecular weight excluding hydrogens is 524 g/mol. The van der Waals surface area contributed by atoms with Gasteiger partial charge in [0, 0.05) is 13.0 Å². The number of aliphatic carboxylic acids is 3. The number of alkyl carbamates (subject to hydrolysis) is 1. The third-order valence-corrected chi connectivity index (χ3v) is 5.67. The Morgan fingerprint density at radius 1 is 0.897 bits per heavy atom. The molecule has 0 aliphatic carbocycles. The number of ether oxygens (including phenoxy) is 1. The van der Waals surface area contributed by atoms with E-state index in [1.807, 2.05) is 0 Å². The number of carbonyl (C=O) groups is 7. The predicted octanol–water partition coefficient (Wildman–Crippen LogP) is 0.780. The molecule has 1 fully saturated rings. The number of carbonyl (C=O) groups excluding carboxylic acids is 4. The van der Waals surface area contributed by atoms with E-state index >= 15 is 0 Å². The SMILES string of the molecule is O=NC1C(=O)N(C(CCCCNC(=O)OCc2ccccc2)C(=O)O)C(=O)N([C@@H](CCC(=O)O)C(=O)O)C1=O. The number of nitroso groups, excluding NO2 is 1. The van der Waals surface area contributed by atoms with Crippen LogP contribution in [-0.4, -0.2) is 91.6 Å². The highest BCUT2D eigenvalue weighted by Gasteiger charge is 2.54. The number of benzene rings is 1. The number of hydrogen-bond donors (Lipinski definition) is 4. The van der Waals surface area contributed by atoms with Gasteiger partial charge in [-0.1, -0.05) is 30.3 Å². The molecular formula is C23H26N4O12. The molecule has 4 N–H and O–H groups in total. The van der Waals surface area contributed by atoms with Gasteiger partial charge in [0.1, 0.15) is 18.7 Å². The van der Waals surface area contributed by atoms with E-state index in [1.165, 1.54) is 0 Å². The van der Waals surface area contributed by atoms with Crippen LogP contribution in [0.4, 0.5) is 9.59 Å². The summed E-state index contributed by atoms with van der Waals surface area (Å²) in [7, 11) is 0. The average Bonchev–Trinajstić information content (AvgIpc) is 2.88. The van der Waals surface area contributed by atoms with Gasteiger partial charge in [-0.3, -0.25) is 14.4 Å². The van der Waals surface area contributed by atoms with E-state index in [9.17, 15) is 48.7 Å². The van der Waals surface area contributed by atoms with Gasteiger partial charge in [0.05, 0.1) is 0 Å². The molecule has 1 aliphatic heterocycles.